The van der Waals surface area contributed by atoms with E-state index in [4.69, 9.17) is 9.84 Å². The van der Waals surface area contributed by atoms with Crippen LogP contribution >= 0.6 is 0 Å². The van der Waals surface area contributed by atoms with Crippen LogP contribution in [0.3, 0.4) is 0 Å². The number of H-pyrrole nitrogens is 1. The Morgan fingerprint density at radius 1 is 1.36 bits per heavy atom. The molecule has 0 fully saturated rings. The molecule has 0 saturated heterocycles. The van der Waals surface area contributed by atoms with Gasteiger partial charge in [0.1, 0.15) is 11.4 Å². The molecule has 1 unspecified atom stereocenters. The highest BCUT2D eigenvalue weighted by atomic mass is 16.5. The first kappa shape index (κ1) is 15.9. The number of ether oxygens (including phenoxy) is 1. The zero-order valence-corrected chi connectivity index (χ0v) is 12.7. The Morgan fingerprint density at radius 3 is 2.77 bits per heavy atom. The van der Waals surface area contributed by atoms with Crippen LogP contribution in [0.15, 0.2) is 24.3 Å². The van der Waals surface area contributed by atoms with Crippen molar-refractivity contribution in [3.8, 4) is 5.75 Å². The van der Waals surface area contributed by atoms with E-state index in [0.29, 0.717) is 17.9 Å². The lowest BCUT2D eigenvalue weighted by atomic mass is 10.0. The molecule has 0 bridgehead atoms. The molecule has 1 aromatic heterocycles. The molecule has 1 heterocycles. The van der Waals surface area contributed by atoms with Crippen LogP contribution in [0.5, 0.6) is 5.75 Å². The summed E-state index contributed by atoms with van der Waals surface area (Å²) in [5.74, 6) is -1.04. The van der Waals surface area contributed by atoms with E-state index in [2.05, 4.69) is 10.3 Å². The minimum atomic E-state index is -0.886. The summed E-state index contributed by atoms with van der Waals surface area (Å²) in [6, 6.07) is 7.20. The Balaban J connectivity index is 2.07. The number of benzene rings is 1. The highest BCUT2D eigenvalue weighted by molar-refractivity contribution is 5.98. The summed E-state index contributed by atoms with van der Waals surface area (Å²) in [6.45, 7) is 2.05. The molecule has 22 heavy (non-hydrogen) atoms. The molecule has 6 heteroatoms. The molecular formula is C16H20N2O4. The van der Waals surface area contributed by atoms with Crippen LogP contribution in [0.2, 0.25) is 0 Å². The lowest BCUT2D eigenvalue weighted by molar-refractivity contribution is -0.141. The van der Waals surface area contributed by atoms with E-state index in [0.717, 1.165) is 17.3 Å². The normalized spacial score (nSPS) is 12.1. The van der Waals surface area contributed by atoms with Crippen LogP contribution < -0.4 is 10.1 Å². The summed E-state index contributed by atoms with van der Waals surface area (Å²) in [4.78, 5) is 26.2. The monoisotopic (exact) mass is 304 g/mol. The Hall–Kier alpha value is -2.50. The van der Waals surface area contributed by atoms with Crippen LogP contribution in [0.25, 0.3) is 10.9 Å². The highest BCUT2D eigenvalue weighted by Gasteiger charge is 2.18. The number of aliphatic carboxylic acids is 1. The van der Waals surface area contributed by atoms with Gasteiger partial charge < -0.3 is 20.1 Å². The number of hydrogen-bond donors (Lipinski definition) is 3. The van der Waals surface area contributed by atoms with Crippen molar-refractivity contribution in [1.82, 2.24) is 10.3 Å². The number of carbonyl (C=O) groups is 2. The zero-order chi connectivity index (χ0) is 16.1. The number of nitrogens with one attached hydrogen (secondary N) is 2. The highest BCUT2D eigenvalue weighted by Crippen LogP contribution is 2.21. The fourth-order valence-corrected chi connectivity index (χ4v) is 2.33. The Labute approximate surface area is 128 Å². The summed E-state index contributed by atoms with van der Waals surface area (Å²) < 4.78 is 5.14. The minimum absolute atomic E-state index is 0.126. The molecule has 3 N–H and O–H groups in total. The van der Waals surface area contributed by atoms with E-state index >= 15 is 0 Å². The Kier molecular flexibility index (Phi) is 5.04. The summed E-state index contributed by atoms with van der Waals surface area (Å²) in [6.07, 6.45) is 1.30. The summed E-state index contributed by atoms with van der Waals surface area (Å²) >= 11 is 0. The van der Waals surface area contributed by atoms with Crippen molar-refractivity contribution < 1.29 is 19.4 Å². The number of hydrogen-bond acceptors (Lipinski definition) is 3. The quantitative estimate of drug-likeness (QED) is 0.732. The van der Waals surface area contributed by atoms with Gasteiger partial charge >= 0.3 is 5.97 Å². The molecule has 0 aliphatic heterocycles. The summed E-state index contributed by atoms with van der Waals surface area (Å²) in [5.41, 5.74) is 1.23. The molecule has 0 aliphatic carbocycles. The van der Waals surface area contributed by atoms with Crippen molar-refractivity contribution in [3.05, 3.63) is 30.0 Å². The van der Waals surface area contributed by atoms with Crippen molar-refractivity contribution in [2.45, 2.75) is 19.8 Å². The third-order valence-electron chi connectivity index (χ3n) is 3.57. The van der Waals surface area contributed by atoms with Gasteiger partial charge in [-0.3, -0.25) is 9.59 Å². The van der Waals surface area contributed by atoms with Crippen molar-refractivity contribution in [1.29, 1.82) is 0 Å². The van der Waals surface area contributed by atoms with Crippen molar-refractivity contribution in [3.63, 3.8) is 0 Å². The molecule has 0 radical (unpaired) electrons. The van der Waals surface area contributed by atoms with Gasteiger partial charge in [0.25, 0.3) is 5.91 Å². The van der Waals surface area contributed by atoms with Gasteiger partial charge in [0, 0.05) is 17.4 Å². The van der Waals surface area contributed by atoms with Gasteiger partial charge in [-0.2, -0.15) is 0 Å². The molecule has 0 spiro atoms. The molecular weight excluding hydrogens is 284 g/mol. The van der Waals surface area contributed by atoms with Gasteiger partial charge in [0.15, 0.2) is 0 Å². The van der Waals surface area contributed by atoms with Crippen LogP contribution in [-0.4, -0.2) is 35.6 Å². The van der Waals surface area contributed by atoms with Crippen LogP contribution in [0.4, 0.5) is 0 Å². The maximum absolute atomic E-state index is 12.1. The summed E-state index contributed by atoms with van der Waals surface area (Å²) in [7, 11) is 1.58. The number of carbonyl (C=O) groups excluding carboxylic acids is 1. The number of aromatic nitrogens is 1. The SMILES string of the molecule is CCCC(CNC(=O)c1cc2cc(OC)ccc2[nH]1)C(=O)O. The number of methoxy groups -OCH3 is 1. The molecule has 0 aliphatic rings. The standard InChI is InChI=1S/C16H20N2O4/c1-3-4-10(16(20)21)9-17-15(19)14-8-11-7-12(22-2)5-6-13(11)18-14/h5-8,10,18H,3-4,9H2,1-2H3,(H,17,19)(H,20,21). The first-order valence-electron chi connectivity index (χ1n) is 7.23. The number of aromatic amines is 1. The third-order valence-corrected chi connectivity index (χ3v) is 3.57. The Bertz CT molecular complexity index is 678. The molecule has 1 aromatic carbocycles. The van der Waals surface area contributed by atoms with E-state index in [-0.39, 0.29) is 12.5 Å². The largest absolute Gasteiger partial charge is 0.497 e. The second-order valence-corrected chi connectivity index (χ2v) is 5.17. The zero-order valence-electron chi connectivity index (χ0n) is 12.7. The molecule has 6 nitrogen and oxygen atoms in total. The molecule has 2 aromatic rings. The van der Waals surface area contributed by atoms with Crippen molar-refractivity contribution in [2.75, 3.05) is 13.7 Å². The molecule has 0 saturated carbocycles. The Morgan fingerprint density at radius 2 is 2.14 bits per heavy atom. The van der Waals surface area contributed by atoms with Crippen LogP contribution in [-0.2, 0) is 4.79 Å². The topological polar surface area (TPSA) is 91.4 Å². The predicted molar refractivity (Wildman–Crippen MR) is 83.2 cm³/mol. The smallest absolute Gasteiger partial charge is 0.308 e. The molecule has 118 valence electrons. The van der Waals surface area contributed by atoms with Crippen molar-refractivity contribution >= 4 is 22.8 Å². The van der Waals surface area contributed by atoms with Gasteiger partial charge in [-0.15, -0.1) is 0 Å². The van der Waals surface area contributed by atoms with Gasteiger partial charge in [-0.25, -0.2) is 0 Å². The van der Waals surface area contributed by atoms with E-state index in [1.165, 1.54) is 0 Å². The van der Waals surface area contributed by atoms with Gasteiger partial charge in [0.05, 0.1) is 13.0 Å². The van der Waals surface area contributed by atoms with Gasteiger partial charge in [-0.05, 0) is 30.7 Å². The number of fused-ring (bicyclic) bond motifs is 1. The van der Waals surface area contributed by atoms with E-state index in [1.54, 1.807) is 13.2 Å². The first-order chi connectivity index (χ1) is 10.5. The predicted octanol–water partition coefficient (Wildman–Crippen LogP) is 2.41. The van der Waals surface area contributed by atoms with Gasteiger partial charge in [0.2, 0.25) is 0 Å². The summed E-state index contributed by atoms with van der Waals surface area (Å²) in [5, 5.41) is 12.6. The van der Waals surface area contributed by atoms with E-state index in [9.17, 15) is 9.59 Å². The third kappa shape index (κ3) is 3.58. The van der Waals surface area contributed by atoms with E-state index in [1.807, 2.05) is 25.1 Å². The molecule has 2 rings (SSSR count). The van der Waals surface area contributed by atoms with Crippen LogP contribution in [0.1, 0.15) is 30.3 Å². The van der Waals surface area contributed by atoms with Gasteiger partial charge in [-0.1, -0.05) is 13.3 Å². The second kappa shape index (κ2) is 6.98. The minimum Gasteiger partial charge on any atom is -0.497 e. The van der Waals surface area contributed by atoms with Crippen molar-refractivity contribution in [2.24, 2.45) is 5.92 Å². The second-order valence-electron chi connectivity index (χ2n) is 5.17. The fourth-order valence-electron chi connectivity index (χ4n) is 2.33. The number of carboxylic acid groups (broad SMARTS) is 1. The first-order valence-corrected chi connectivity index (χ1v) is 7.23. The lowest BCUT2D eigenvalue weighted by Crippen LogP contribution is -2.33. The lowest BCUT2D eigenvalue weighted by Gasteiger charge is -2.11. The fraction of sp³-hybridized carbons (Fsp3) is 0.375. The number of carboxylic acids is 1. The molecule has 1 amide bonds. The number of amides is 1. The van der Waals surface area contributed by atoms with Crippen LogP contribution in [0, 0.1) is 5.92 Å². The average molecular weight is 304 g/mol. The average Bonchev–Trinajstić information content (AvgIpc) is 2.93. The van der Waals surface area contributed by atoms with E-state index < -0.39 is 11.9 Å². The maximum Gasteiger partial charge on any atom is 0.308 e. The molecule has 1 atom stereocenters. The number of rotatable bonds is 7. The maximum atomic E-state index is 12.1.